The van der Waals surface area contributed by atoms with Gasteiger partial charge < -0.3 is 4.90 Å². The Bertz CT molecular complexity index is 45.9. The van der Waals surface area contributed by atoms with Gasteiger partial charge in [-0.15, -0.1) is 0 Å². The van der Waals surface area contributed by atoms with Crippen molar-refractivity contribution >= 4 is 0 Å². The van der Waals surface area contributed by atoms with E-state index in [9.17, 15) is 0 Å². The summed E-state index contributed by atoms with van der Waals surface area (Å²) in [4.78, 5) is 1.37. The zero-order chi connectivity index (χ0) is 4.57. The van der Waals surface area contributed by atoms with Gasteiger partial charge in [-0.05, 0) is 0 Å². The summed E-state index contributed by atoms with van der Waals surface area (Å²) >= 11 is 0. The number of hydrogen-bond acceptors (Lipinski definition) is 0. The first kappa shape index (κ1) is 4.13. The number of quaternary nitrogens is 1. The summed E-state index contributed by atoms with van der Waals surface area (Å²) in [5.41, 5.74) is 0. The molecule has 0 radical (unpaired) electrons. The second kappa shape index (κ2) is 1.23. The summed E-state index contributed by atoms with van der Waals surface area (Å²) in [6, 6.07) is 0.907. The Balaban J connectivity index is 2.13. The fourth-order valence-corrected chi connectivity index (χ4v) is 0.576. The van der Waals surface area contributed by atoms with Gasteiger partial charge in [-0.2, -0.15) is 7.05 Å². The maximum Gasteiger partial charge on any atom is 0.0637 e. The molecule has 1 unspecified atom stereocenters. The predicted octanol–water partition coefficient (Wildman–Crippen LogP) is -0.545. The fourth-order valence-electron chi connectivity index (χ4n) is 0.576. The molecule has 0 saturated heterocycles. The Hall–Kier alpha value is -0.0400. The van der Waals surface area contributed by atoms with Crippen molar-refractivity contribution in [2.45, 2.75) is 18.9 Å². The van der Waals surface area contributed by atoms with E-state index in [1.807, 2.05) is 0 Å². The molecule has 0 aromatic carbocycles. The van der Waals surface area contributed by atoms with Crippen molar-refractivity contribution in [2.24, 2.45) is 0 Å². The van der Waals surface area contributed by atoms with Crippen LogP contribution in [-0.2, 0) is 0 Å². The van der Waals surface area contributed by atoms with Crippen molar-refractivity contribution in [3.8, 4) is 0 Å². The molecule has 1 heteroatoms. The van der Waals surface area contributed by atoms with Gasteiger partial charge in [-0.1, -0.05) is 0 Å². The summed E-state index contributed by atoms with van der Waals surface area (Å²) in [5, 5.41) is 0. The Kier molecular flexibility index (Phi) is 0.845. The van der Waals surface area contributed by atoms with Crippen LogP contribution in [0.15, 0.2) is 0 Å². The lowest BCUT2D eigenvalue weighted by atomic mass is 10.6. The summed E-state index contributed by atoms with van der Waals surface area (Å²) in [6.45, 7) is 0. The summed E-state index contributed by atoms with van der Waals surface area (Å²) in [7, 11) is 5.93. The normalized spacial score (nSPS) is 27.0. The van der Waals surface area contributed by atoms with E-state index in [4.69, 9.17) is 0 Å². The molecule has 1 aliphatic carbocycles. The van der Waals surface area contributed by atoms with E-state index in [1.165, 1.54) is 17.7 Å². The third-order valence-corrected chi connectivity index (χ3v) is 1.27. The van der Waals surface area contributed by atoms with Crippen LogP contribution in [0.4, 0.5) is 0 Å². The average molecular weight is 85.2 g/mol. The summed E-state index contributed by atoms with van der Waals surface area (Å²) in [6.07, 6.45) is 2.80. The lowest BCUT2D eigenvalue weighted by Crippen LogP contribution is -3.04. The van der Waals surface area contributed by atoms with E-state index in [2.05, 4.69) is 14.1 Å². The van der Waals surface area contributed by atoms with E-state index in [1.54, 1.807) is 0 Å². The Morgan fingerprint density at radius 1 is 1.67 bits per heavy atom. The third kappa shape index (κ3) is 0.716. The van der Waals surface area contributed by atoms with Crippen molar-refractivity contribution in [1.29, 1.82) is 0 Å². The molecule has 1 atom stereocenters. The molecule has 1 saturated carbocycles. The second-order valence-corrected chi connectivity index (χ2v) is 2.12. The van der Waals surface area contributed by atoms with Crippen LogP contribution in [0.5, 0.6) is 0 Å². The van der Waals surface area contributed by atoms with Crippen LogP contribution in [-0.4, -0.2) is 13.1 Å². The topological polar surface area (TPSA) is 4.44 Å². The average Bonchev–Trinajstić information content (AvgIpc) is 2.06. The maximum atomic E-state index is 3.82. The zero-order valence-corrected chi connectivity index (χ0v) is 4.20. The SMILES string of the molecule is [CH2-][NH+](C)C1CC1. The maximum absolute atomic E-state index is 3.82. The van der Waals surface area contributed by atoms with Crippen LogP contribution in [0.25, 0.3) is 0 Å². The molecule has 1 N–H and O–H groups in total. The van der Waals surface area contributed by atoms with Crippen LogP contribution in [0.2, 0.25) is 0 Å². The first-order valence-corrected chi connectivity index (χ1v) is 2.46. The fraction of sp³-hybridized carbons (Fsp3) is 0.800. The van der Waals surface area contributed by atoms with Gasteiger partial charge in [0.05, 0.1) is 6.04 Å². The van der Waals surface area contributed by atoms with Crippen LogP contribution < -0.4 is 4.90 Å². The highest BCUT2D eigenvalue weighted by molar-refractivity contribution is 4.70. The van der Waals surface area contributed by atoms with Gasteiger partial charge in [0, 0.05) is 19.9 Å². The van der Waals surface area contributed by atoms with Crippen molar-refractivity contribution in [3.05, 3.63) is 7.05 Å². The minimum Gasteiger partial charge on any atom is -0.468 e. The third-order valence-electron chi connectivity index (χ3n) is 1.27. The molecule has 0 amide bonds. The van der Waals surface area contributed by atoms with Crippen LogP contribution in [0.1, 0.15) is 12.8 Å². The minimum absolute atomic E-state index is 0.907. The highest BCUT2D eigenvalue weighted by Crippen LogP contribution is 2.13. The van der Waals surface area contributed by atoms with Gasteiger partial charge in [0.25, 0.3) is 0 Å². The van der Waals surface area contributed by atoms with Crippen LogP contribution >= 0.6 is 0 Å². The molecule has 36 valence electrons. The summed E-state index contributed by atoms with van der Waals surface area (Å²) < 4.78 is 0. The molecule has 1 fully saturated rings. The Labute approximate surface area is 39.0 Å². The molecule has 0 aromatic rings. The van der Waals surface area contributed by atoms with Gasteiger partial charge in [0.15, 0.2) is 0 Å². The monoisotopic (exact) mass is 85.1 g/mol. The summed E-state index contributed by atoms with van der Waals surface area (Å²) in [5.74, 6) is 0. The van der Waals surface area contributed by atoms with Gasteiger partial charge in [-0.3, -0.25) is 0 Å². The standard InChI is InChI=1S/C5H11N/c1-6(2)5-3-4-5/h5-6H,1,3-4H2,2H3. The first-order valence-electron chi connectivity index (χ1n) is 2.46. The quantitative estimate of drug-likeness (QED) is 0.408. The molecule has 0 spiro atoms. The highest BCUT2D eigenvalue weighted by atomic mass is 15.1. The first-order chi connectivity index (χ1) is 2.80. The highest BCUT2D eigenvalue weighted by Gasteiger charge is 2.24. The zero-order valence-electron chi connectivity index (χ0n) is 4.20. The van der Waals surface area contributed by atoms with Crippen molar-refractivity contribution in [3.63, 3.8) is 0 Å². The molecule has 0 aromatic heterocycles. The van der Waals surface area contributed by atoms with Crippen LogP contribution in [0, 0.1) is 7.05 Å². The van der Waals surface area contributed by atoms with Gasteiger partial charge >= 0.3 is 0 Å². The van der Waals surface area contributed by atoms with E-state index < -0.39 is 0 Å². The number of nitrogens with one attached hydrogen (secondary N) is 1. The molecule has 0 aliphatic heterocycles. The molecular weight excluding hydrogens is 74.1 g/mol. The molecule has 6 heavy (non-hydrogen) atoms. The van der Waals surface area contributed by atoms with Gasteiger partial charge in [0.1, 0.15) is 0 Å². The molecule has 1 nitrogen and oxygen atoms in total. The molecule has 1 rings (SSSR count). The Morgan fingerprint density at radius 2 is 2.17 bits per heavy atom. The molecule has 0 heterocycles. The minimum atomic E-state index is 0.907. The molecular formula is C5H11N. The van der Waals surface area contributed by atoms with Gasteiger partial charge in [0.2, 0.25) is 0 Å². The van der Waals surface area contributed by atoms with Gasteiger partial charge in [-0.25, -0.2) is 0 Å². The van der Waals surface area contributed by atoms with Crippen molar-refractivity contribution in [2.75, 3.05) is 7.05 Å². The van der Waals surface area contributed by atoms with Crippen LogP contribution in [0.3, 0.4) is 0 Å². The largest absolute Gasteiger partial charge is 0.468 e. The van der Waals surface area contributed by atoms with Crippen molar-refractivity contribution in [1.82, 2.24) is 0 Å². The number of rotatable bonds is 1. The number of hydrogen-bond donors (Lipinski definition) is 1. The lowest BCUT2D eigenvalue weighted by Gasteiger charge is -2.10. The Morgan fingerprint density at radius 3 is 2.17 bits per heavy atom. The lowest BCUT2D eigenvalue weighted by molar-refractivity contribution is -0.843. The van der Waals surface area contributed by atoms with E-state index in [-0.39, 0.29) is 0 Å². The van der Waals surface area contributed by atoms with E-state index >= 15 is 0 Å². The van der Waals surface area contributed by atoms with Crippen molar-refractivity contribution < 1.29 is 4.90 Å². The molecule has 0 bridgehead atoms. The van der Waals surface area contributed by atoms with E-state index in [0.717, 1.165) is 6.04 Å². The predicted molar refractivity (Wildman–Crippen MR) is 25.3 cm³/mol. The van der Waals surface area contributed by atoms with E-state index in [0.29, 0.717) is 0 Å². The second-order valence-electron chi connectivity index (χ2n) is 2.12. The molecule has 1 aliphatic rings. The smallest absolute Gasteiger partial charge is 0.0637 e.